The first-order valence-corrected chi connectivity index (χ1v) is 7.37. The molecule has 124 valence electrons. The van der Waals surface area contributed by atoms with Crippen LogP contribution < -0.4 is 5.32 Å². The fourth-order valence-corrected chi connectivity index (χ4v) is 2.23. The highest BCUT2D eigenvalue weighted by molar-refractivity contribution is 5.92. The second-order valence-electron chi connectivity index (χ2n) is 5.07. The predicted octanol–water partition coefficient (Wildman–Crippen LogP) is 3.07. The average molecular weight is 326 g/mol. The Kier molecular flexibility index (Phi) is 6.22. The lowest BCUT2D eigenvalue weighted by atomic mass is 10.1. The smallest absolute Gasteiger partial charge is 0.276 e. The number of hydrogen-bond donors (Lipinski definition) is 1. The Bertz CT molecular complexity index is 756. The molecule has 0 saturated heterocycles. The Labute approximate surface area is 139 Å². The van der Waals surface area contributed by atoms with Crippen molar-refractivity contribution in [3.63, 3.8) is 0 Å². The molecule has 6 nitrogen and oxygen atoms in total. The molecule has 2 aromatic carbocycles. The molecule has 1 N–H and O–H groups in total. The molecule has 0 spiro atoms. The number of amides is 1. The highest BCUT2D eigenvalue weighted by Gasteiger charge is 2.09. The third-order valence-corrected chi connectivity index (χ3v) is 3.42. The van der Waals surface area contributed by atoms with Gasteiger partial charge >= 0.3 is 0 Å². The molecule has 0 heterocycles. The molecule has 0 aliphatic rings. The number of nitro groups is 1. The lowest BCUT2D eigenvalue weighted by Crippen LogP contribution is -2.21. The summed E-state index contributed by atoms with van der Waals surface area (Å²) in [6.07, 6.45) is 2.73. The molecule has 0 bridgehead atoms. The molecule has 1 amide bonds. The molecule has 0 aliphatic carbocycles. The van der Waals surface area contributed by atoms with Crippen LogP contribution in [-0.4, -0.2) is 17.9 Å². The van der Waals surface area contributed by atoms with Gasteiger partial charge in [-0.05, 0) is 23.3 Å². The number of nitrogens with one attached hydrogen (secondary N) is 1. The minimum atomic E-state index is -0.474. The normalized spacial score (nSPS) is 10.7. The maximum Gasteiger partial charge on any atom is 0.276 e. The number of ether oxygens (including phenoxy) is 1. The first-order valence-electron chi connectivity index (χ1n) is 7.37. The summed E-state index contributed by atoms with van der Waals surface area (Å²) in [5, 5.41) is 13.7. The molecule has 0 saturated carbocycles. The van der Waals surface area contributed by atoms with Gasteiger partial charge in [0.15, 0.2) is 0 Å². The van der Waals surface area contributed by atoms with E-state index in [2.05, 4.69) is 5.32 Å². The van der Waals surface area contributed by atoms with Crippen LogP contribution in [0.4, 0.5) is 5.69 Å². The van der Waals surface area contributed by atoms with Crippen molar-refractivity contribution in [1.82, 2.24) is 5.32 Å². The van der Waals surface area contributed by atoms with Gasteiger partial charge in [-0.25, -0.2) is 0 Å². The van der Waals surface area contributed by atoms with Gasteiger partial charge < -0.3 is 10.1 Å². The van der Waals surface area contributed by atoms with Crippen LogP contribution in [-0.2, 0) is 22.7 Å². The molecule has 0 atom stereocenters. The zero-order valence-electron chi connectivity index (χ0n) is 13.3. The molecule has 24 heavy (non-hydrogen) atoms. The van der Waals surface area contributed by atoms with Crippen LogP contribution >= 0.6 is 0 Å². The summed E-state index contributed by atoms with van der Waals surface area (Å²) in [6.45, 7) is 0.831. The highest BCUT2D eigenvalue weighted by Crippen LogP contribution is 2.18. The van der Waals surface area contributed by atoms with Gasteiger partial charge in [0.05, 0.1) is 17.1 Å². The fourth-order valence-electron chi connectivity index (χ4n) is 2.23. The van der Waals surface area contributed by atoms with E-state index in [0.717, 1.165) is 11.1 Å². The zero-order valence-corrected chi connectivity index (χ0v) is 13.3. The van der Waals surface area contributed by atoms with E-state index in [1.807, 2.05) is 24.3 Å². The van der Waals surface area contributed by atoms with Crippen molar-refractivity contribution in [3.05, 3.63) is 81.4 Å². The molecule has 0 radical (unpaired) electrons. The summed E-state index contributed by atoms with van der Waals surface area (Å²) in [4.78, 5) is 22.4. The van der Waals surface area contributed by atoms with E-state index in [9.17, 15) is 14.9 Å². The summed E-state index contributed by atoms with van der Waals surface area (Å²) in [7, 11) is 1.62. The van der Waals surface area contributed by atoms with Crippen LogP contribution in [0.5, 0.6) is 0 Å². The molecule has 0 aromatic heterocycles. The standard InChI is InChI=1S/C18H18N2O4/c1-24-13-16-8-3-2-7-15(16)12-19-18(21)11-10-14-6-4-5-9-17(14)20(22)23/h2-11H,12-13H2,1H3,(H,19,21)/b11-10+. The van der Waals surface area contributed by atoms with E-state index in [1.165, 1.54) is 18.2 Å². The lowest BCUT2D eigenvalue weighted by molar-refractivity contribution is -0.385. The van der Waals surface area contributed by atoms with E-state index in [4.69, 9.17) is 4.74 Å². The van der Waals surface area contributed by atoms with Gasteiger partial charge in [-0.1, -0.05) is 36.4 Å². The van der Waals surface area contributed by atoms with Crippen molar-refractivity contribution in [2.45, 2.75) is 13.2 Å². The number of hydrogen-bond acceptors (Lipinski definition) is 4. The molecular weight excluding hydrogens is 308 g/mol. The number of methoxy groups -OCH3 is 1. The molecule has 0 unspecified atom stereocenters. The number of carbonyl (C=O) groups excluding carboxylic acids is 1. The number of nitrogens with zero attached hydrogens (tertiary/aromatic N) is 1. The lowest BCUT2D eigenvalue weighted by Gasteiger charge is -2.08. The molecule has 0 aliphatic heterocycles. The predicted molar refractivity (Wildman–Crippen MR) is 91.1 cm³/mol. The third kappa shape index (κ3) is 4.76. The van der Waals surface area contributed by atoms with Crippen molar-refractivity contribution in [2.75, 3.05) is 7.11 Å². The summed E-state index contributed by atoms with van der Waals surface area (Å²) in [5.74, 6) is -0.319. The minimum Gasteiger partial charge on any atom is -0.380 e. The van der Waals surface area contributed by atoms with E-state index < -0.39 is 4.92 Å². The van der Waals surface area contributed by atoms with Gasteiger partial charge in [0, 0.05) is 25.8 Å². The van der Waals surface area contributed by atoms with Gasteiger partial charge in [-0.15, -0.1) is 0 Å². The third-order valence-electron chi connectivity index (χ3n) is 3.42. The molecule has 2 rings (SSSR count). The number of benzene rings is 2. The Balaban J connectivity index is 2.01. The van der Waals surface area contributed by atoms with Gasteiger partial charge in [-0.2, -0.15) is 0 Å². The van der Waals surface area contributed by atoms with E-state index in [1.54, 1.807) is 25.3 Å². The zero-order chi connectivity index (χ0) is 17.4. The molecule has 6 heteroatoms. The van der Waals surface area contributed by atoms with Gasteiger partial charge in [0.1, 0.15) is 0 Å². The average Bonchev–Trinajstić information content (AvgIpc) is 2.59. The minimum absolute atomic E-state index is 0.0352. The number of carbonyl (C=O) groups is 1. The highest BCUT2D eigenvalue weighted by atomic mass is 16.6. The van der Waals surface area contributed by atoms with E-state index >= 15 is 0 Å². The largest absolute Gasteiger partial charge is 0.380 e. The summed E-state index contributed by atoms with van der Waals surface area (Å²) >= 11 is 0. The fraction of sp³-hybridized carbons (Fsp3) is 0.167. The van der Waals surface area contributed by atoms with Crippen LogP contribution in [0.1, 0.15) is 16.7 Å². The van der Waals surface area contributed by atoms with Crippen LogP contribution in [0.25, 0.3) is 6.08 Å². The van der Waals surface area contributed by atoms with Crippen molar-refractivity contribution in [2.24, 2.45) is 0 Å². The number of rotatable bonds is 7. The number of para-hydroxylation sites is 1. The Morgan fingerprint density at radius 3 is 2.54 bits per heavy atom. The van der Waals surface area contributed by atoms with E-state index in [-0.39, 0.29) is 11.6 Å². The van der Waals surface area contributed by atoms with Gasteiger partial charge in [0.25, 0.3) is 5.69 Å². The molecule has 2 aromatic rings. The van der Waals surface area contributed by atoms with Crippen molar-refractivity contribution in [1.29, 1.82) is 0 Å². The first-order chi connectivity index (χ1) is 11.6. The van der Waals surface area contributed by atoms with Crippen LogP contribution in [0.15, 0.2) is 54.6 Å². The Hall–Kier alpha value is -2.99. The summed E-state index contributed by atoms with van der Waals surface area (Å²) < 4.78 is 5.13. The summed E-state index contributed by atoms with van der Waals surface area (Å²) in [5.41, 5.74) is 2.32. The summed E-state index contributed by atoms with van der Waals surface area (Å²) in [6, 6.07) is 13.9. The van der Waals surface area contributed by atoms with Gasteiger partial charge in [0.2, 0.25) is 5.91 Å². The first kappa shape index (κ1) is 17.4. The maximum absolute atomic E-state index is 11.9. The second kappa shape index (κ2) is 8.59. The Morgan fingerprint density at radius 2 is 1.83 bits per heavy atom. The van der Waals surface area contributed by atoms with Crippen molar-refractivity contribution >= 4 is 17.7 Å². The van der Waals surface area contributed by atoms with Crippen LogP contribution in [0.2, 0.25) is 0 Å². The Morgan fingerprint density at radius 1 is 1.17 bits per heavy atom. The van der Waals surface area contributed by atoms with Crippen molar-refractivity contribution in [3.8, 4) is 0 Å². The topological polar surface area (TPSA) is 81.5 Å². The maximum atomic E-state index is 11.9. The SMILES string of the molecule is COCc1ccccc1CNC(=O)/C=C/c1ccccc1[N+](=O)[O-]. The second-order valence-corrected chi connectivity index (χ2v) is 5.07. The monoisotopic (exact) mass is 326 g/mol. The van der Waals surface area contributed by atoms with Crippen molar-refractivity contribution < 1.29 is 14.5 Å². The van der Waals surface area contributed by atoms with Crippen LogP contribution in [0, 0.1) is 10.1 Å². The number of nitro benzene ring substituents is 1. The van der Waals surface area contributed by atoms with Gasteiger partial charge in [-0.3, -0.25) is 14.9 Å². The molecule has 0 fully saturated rings. The quantitative estimate of drug-likeness (QED) is 0.481. The molecular formula is C18H18N2O4. The van der Waals surface area contributed by atoms with Crippen LogP contribution in [0.3, 0.4) is 0 Å². The van der Waals surface area contributed by atoms with E-state index in [0.29, 0.717) is 18.7 Å².